The summed E-state index contributed by atoms with van der Waals surface area (Å²) in [5, 5.41) is 2.70. The molecule has 3 N–H and O–H groups in total. The monoisotopic (exact) mass is 223 g/mol. The van der Waals surface area contributed by atoms with Gasteiger partial charge in [-0.1, -0.05) is 19.9 Å². The van der Waals surface area contributed by atoms with Crippen LogP contribution in [0.5, 0.6) is 0 Å². The van der Waals surface area contributed by atoms with Crippen LogP contribution in [-0.2, 0) is 11.2 Å². The number of carbonyl (C=O) groups excluding carboxylic acids is 1. The van der Waals surface area contributed by atoms with Crippen LogP contribution in [0.4, 0.5) is 10.6 Å². The van der Waals surface area contributed by atoms with Gasteiger partial charge in [-0.15, -0.1) is 0 Å². The molecular weight excluding hydrogens is 206 g/mol. The lowest BCUT2D eigenvalue weighted by molar-refractivity contribution is 0.177. The van der Waals surface area contributed by atoms with Crippen molar-refractivity contribution in [2.45, 2.75) is 26.3 Å². The number of hydrogen-bond donors (Lipinski definition) is 2. The van der Waals surface area contributed by atoms with Gasteiger partial charge in [0.1, 0.15) is 12.4 Å². The normalized spacial score (nSPS) is 18.1. The number of anilines is 1. The molecule has 0 aliphatic carbocycles. The third-order valence-electron chi connectivity index (χ3n) is 2.07. The second-order valence-corrected chi connectivity index (χ2v) is 3.24. The van der Waals surface area contributed by atoms with Crippen molar-refractivity contribution in [1.29, 1.82) is 0 Å². The molecule has 0 aromatic carbocycles. The fraction of sp³-hybridized carbons (Fsp3) is 0.455. The molecule has 16 heavy (non-hydrogen) atoms. The zero-order valence-corrected chi connectivity index (χ0v) is 9.56. The second kappa shape index (κ2) is 5.95. The maximum Gasteiger partial charge on any atom is 0.407 e. The summed E-state index contributed by atoms with van der Waals surface area (Å²) in [4.78, 5) is 14.7. The maximum atomic E-state index is 10.7. The van der Waals surface area contributed by atoms with Crippen LogP contribution in [0, 0.1) is 0 Å². The summed E-state index contributed by atoms with van der Waals surface area (Å²) in [6.45, 7) is 4.42. The van der Waals surface area contributed by atoms with Gasteiger partial charge in [-0.3, -0.25) is 0 Å². The van der Waals surface area contributed by atoms with E-state index in [4.69, 9.17) is 10.5 Å². The van der Waals surface area contributed by atoms with Gasteiger partial charge in [-0.05, 0) is 18.1 Å². The molecule has 0 saturated carbocycles. The molecule has 88 valence electrons. The van der Waals surface area contributed by atoms with Crippen LogP contribution in [0.15, 0.2) is 18.3 Å². The quantitative estimate of drug-likeness (QED) is 0.793. The van der Waals surface area contributed by atoms with Crippen molar-refractivity contribution in [3.63, 3.8) is 0 Å². The van der Waals surface area contributed by atoms with Crippen molar-refractivity contribution >= 4 is 11.9 Å². The predicted molar refractivity (Wildman–Crippen MR) is 62.0 cm³/mol. The number of ether oxygens (including phenoxy) is 1. The van der Waals surface area contributed by atoms with Gasteiger partial charge in [0.05, 0.1) is 6.04 Å². The van der Waals surface area contributed by atoms with Crippen molar-refractivity contribution in [3.8, 4) is 0 Å². The molecule has 1 atom stereocenters. The summed E-state index contributed by atoms with van der Waals surface area (Å²) in [7, 11) is 0. The van der Waals surface area contributed by atoms with E-state index in [1.54, 1.807) is 12.3 Å². The van der Waals surface area contributed by atoms with Crippen LogP contribution in [-0.4, -0.2) is 23.7 Å². The lowest BCUT2D eigenvalue weighted by Crippen LogP contribution is -2.28. The number of carbonyl (C=O) groups is 1. The number of alkyl carbamates (subject to hydrolysis) is 1. The minimum atomic E-state index is -0.349. The fourth-order valence-electron chi connectivity index (χ4n) is 1.38. The zero-order valence-electron chi connectivity index (χ0n) is 9.56. The molecule has 5 heteroatoms. The molecule has 1 fully saturated rings. The maximum absolute atomic E-state index is 10.7. The Labute approximate surface area is 95.0 Å². The van der Waals surface area contributed by atoms with Crippen molar-refractivity contribution in [1.82, 2.24) is 10.3 Å². The number of nitrogens with zero attached hydrogens (tertiary/aromatic N) is 1. The predicted octanol–water partition coefficient (Wildman–Crippen LogP) is 1.34. The van der Waals surface area contributed by atoms with Crippen LogP contribution in [0.2, 0.25) is 0 Å². The van der Waals surface area contributed by atoms with E-state index in [-0.39, 0.29) is 12.1 Å². The van der Waals surface area contributed by atoms with Crippen molar-refractivity contribution in [2.24, 2.45) is 0 Å². The van der Waals surface area contributed by atoms with E-state index in [2.05, 4.69) is 10.3 Å². The van der Waals surface area contributed by atoms with Crippen LogP contribution in [0.3, 0.4) is 0 Å². The van der Waals surface area contributed by atoms with Crippen molar-refractivity contribution in [2.75, 3.05) is 12.3 Å². The Morgan fingerprint density at radius 1 is 1.56 bits per heavy atom. The highest BCUT2D eigenvalue weighted by atomic mass is 16.6. The first kappa shape index (κ1) is 12.3. The molecule has 2 heterocycles. The van der Waals surface area contributed by atoms with Gasteiger partial charge in [0.15, 0.2) is 0 Å². The lowest BCUT2D eigenvalue weighted by Gasteiger charge is -2.06. The number of rotatable bonds is 2. The highest BCUT2D eigenvalue weighted by Gasteiger charge is 2.21. The van der Waals surface area contributed by atoms with Gasteiger partial charge in [0.25, 0.3) is 0 Å². The molecule has 0 spiro atoms. The van der Waals surface area contributed by atoms with Gasteiger partial charge in [0, 0.05) is 6.20 Å². The number of nitrogen functional groups attached to an aromatic ring is 1. The highest BCUT2D eigenvalue weighted by Crippen LogP contribution is 2.08. The van der Waals surface area contributed by atoms with Gasteiger partial charge >= 0.3 is 6.09 Å². The van der Waals surface area contributed by atoms with E-state index in [0.29, 0.717) is 12.4 Å². The summed E-state index contributed by atoms with van der Waals surface area (Å²) in [5.74, 6) is 0.500. The minimum absolute atomic E-state index is 0.0490. The van der Waals surface area contributed by atoms with Gasteiger partial charge < -0.3 is 15.8 Å². The molecule has 0 unspecified atom stereocenters. The molecule has 1 aliphatic rings. The van der Waals surface area contributed by atoms with Gasteiger partial charge in [-0.25, -0.2) is 9.78 Å². The molecule has 1 amide bonds. The summed E-state index contributed by atoms with van der Waals surface area (Å²) in [6.07, 6.45) is 2.08. The average Bonchev–Trinajstić information content (AvgIpc) is 2.70. The number of cyclic esters (lactones) is 1. The highest BCUT2D eigenvalue weighted by molar-refractivity contribution is 5.69. The Kier molecular flexibility index (Phi) is 4.57. The molecule has 1 aromatic heterocycles. The molecular formula is C11H17N3O2. The van der Waals surface area contributed by atoms with E-state index in [1.807, 2.05) is 19.9 Å². The van der Waals surface area contributed by atoms with Gasteiger partial charge in [-0.2, -0.15) is 0 Å². The number of nitrogens with one attached hydrogen (secondary N) is 1. The number of amides is 1. The van der Waals surface area contributed by atoms with E-state index in [0.717, 1.165) is 12.0 Å². The van der Waals surface area contributed by atoms with Crippen LogP contribution < -0.4 is 11.1 Å². The summed E-state index contributed by atoms with van der Waals surface area (Å²) in [6, 6.07) is 3.69. The van der Waals surface area contributed by atoms with Crippen molar-refractivity contribution in [3.05, 3.63) is 23.9 Å². The SMILES string of the molecule is CC.Nc1ccc(C[C@H]2COC(=O)N2)cn1. The number of pyridine rings is 1. The third kappa shape index (κ3) is 3.42. The smallest absolute Gasteiger partial charge is 0.407 e. The summed E-state index contributed by atoms with van der Waals surface area (Å²) >= 11 is 0. The third-order valence-corrected chi connectivity index (χ3v) is 2.07. The molecule has 1 saturated heterocycles. The van der Waals surface area contributed by atoms with Gasteiger partial charge in [0.2, 0.25) is 0 Å². The Hall–Kier alpha value is -1.78. The number of hydrogen-bond acceptors (Lipinski definition) is 4. The van der Waals surface area contributed by atoms with E-state index >= 15 is 0 Å². The van der Waals surface area contributed by atoms with Crippen LogP contribution >= 0.6 is 0 Å². The first-order valence-corrected chi connectivity index (χ1v) is 5.38. The van der Waals surface area contributed by atoms with E-state index in [9.17, 15) is 4.79 Å². The first-order chi connectivity index (χ1) is 7.74. The molecule has 0 bridgehead atoms. The summed E-state index contributed by atoms with van der Waals surface area (Å²) < 4.78 is 4.77. The zero-order chi connectivity index (χ0) is 12.0. The number of nitrogens with two attached hydrogens (primary N) is 1. The largest absolute Gasteiger partial charge is 0.447 e. The standard InChI is InChI=1S/C9H11N3O2.C2H6/c10-8-2-1-6(4-11-8)3-7-5-14-9(13)12-7;1-2/h1-2,4,7H,3,5H2,(H2,10,11)(H,12,13);1-2H3/t7-;/m0./s1. The first-order valence-electron chi connectivity index (χ1n) is 5.38. The molecule has 1 aliphatic heterocycles. The Balaban J connectivity index is 0.000000606. The fourth-order valence-corrected chi connectivity index (χ4v) is 1.38. The Morgan fingerprint density at radius 3 is 2.81 bits per heavy atom. The van der Waals surface area contributed by atoms with Crippen LogP contribution in [0.1, 0.15) is 19.4 Å². The van der Waals surface area contributed by atoms with E-state index < -0.39 is 0 Å². The van der Waals surface area contributed by atoms with Crippen LogP contribution in [0.25, 0.3) is 0 Å². The summed E-state index contributed by atoms with van der Waals surface area (Å²) in [5.41, 5.74) is 6.49. The minimum Gasteiger partial charge on any atom is -0.447 e. The van der Waals surface area contributed by atoms with Crippen molar-refractivity contribution < 1.29 is 9.53 Å². The molecule has 2 rings (SSSR count). The Morgan fingerprint density at radius 2 is 2.31 bits per heavy atom. The second-order valence-electron chi connectivity index (χ2n) is 3.24. The lowest BCUT2D eigenvalue weighted by atomic mass is 10.1. The van der Waals surface area contributed by atoms with E-state index in [1.165, 1.54) is 0 Å². The Bertz CT molecular complexity index is 338. The average molecular weight is 223 g/mol. The topological polar surface area (TPSA) is 77.2 Å². The molecule has 1 aromatic rings. The number of aromatic nitrogens is 1. The molecule has 0 radical (unpaired) electrons. The molecule has 5 nitrogen and oxygen atoms in total.